The molecule has 0 radical (unpaired) electrons. The van der Waals surface area contributed by atoms with Gasteiger partial charge in [-0.2, -0.15) is 0 Å². The van der Waals surface area contributed by atoms with E-state index in [1.54, 1.807) is 4.90 Å². The fourth-order valence-corrected chi connectivity index (χ4v) is 2.40. The van der Waals surface area contributed by atoms with E-state index in [2.05, 4.69) is 4.90 Å². The summed E-state index contributed by atoms with van der Waals surface area (Å²) in [6.07, 6.45) is 2.58. The smallest absolute Gasteiger partial charge is 0.253 e. The minimum atomic E-state index is 0.0859. The lowest BCUT2D eigenvalue weighted by molar-refractivity contribution is 0.0782. The lowest BCUT2D eigenvalue weighted by atomic mass is 10.1. The number of hydrogen-bond acceptors (Lipinski definition) is 3. The van der Waals surface area contributed by atoms with Crippen LogP contribution in [0.3, 0.4) is 0 Å². The quantitative estimate of drug-likeness (QED) is 0.869. The third kappa shape index (κ3) is 3.78. The van der Waals surface area contributed by atoms with Gasteiger partial charge in [-0.15, -0.1) is 0 Å². The number of carbonyl (C=O) groups is 1. The Hall–Kier alpha value is -1.39. The van der Waals surface area contributed by atoms with Gasteiger partial charge >= 0.3 is 0 Å². The Morgan fingerprint density at radius 3 is 2.47 bits per heavy atom. The van der Waals surface area contributed by atoms with Gasteiger partial charge in [0.1, 0.15) is 0 Å². The molecule has 1 fully saturated rings. The van der Waals surface area contributed by atoms with E-state index < -0.39 is 0 Å². The Kier molecular flexibility index (Phi) is 4.93. The second kappa shape index (κ2) is 6.68. The normalized spacial score (nSPS) is 15.7. The van der Waals surface area contributed by atoms with E-state index in [9.17, 15) is 4.79 Å². The van der Waals surface area contributed by atoms with Crippen molar-refractivity contribution in [3.63, 3.8) is 0 Å². The first-order valence-corrected chi connectivity index (χ1v) is 6.97. The van der Waals surface area contributed by atoms with E-state index in [-0.39, 0.29) is 5.91 Å². The molecule has 104 valence electrons. The average Bonchev–Trinajstić information content (AvgIpc) is 2.97. The van der Waals surface area contributed by atoms with E-state index >= 15 is 0 Å². The highest BCUT2D eigenvalue weighted by atomic mass is 16.2. The SMILES string of the molecule is CN(CCN1CCCC1)C(=O)c1ccc(CN)cc1. The molecule has 1 saturated heterocycles. The molecule has 0 aliphatic carbocycles. The molecule has 0 aromatic heterocycles. The van der Waals surface area contributed by atoms with Crippen LogP contribution in [0.1, 0.15) is 28.8 Å². The third-order valence-corrected chi connectivity index (χ3v) is 3.73. The van der Waals surface area contributed by atoms with Gasteiger partial charge in [-0.1, -0.05) is 12.1 Å². The molecule has 1 aliphatic rings. The lowest BCUT2D eigenvalue weighted by Gasteiger charge is -2.21. The van der Waals surface area contributed by atoms with Crippen LogP contribution in [0.2, 0.25) is 0 Å². The Morgan fingerprint density at radius 1 is 1.26 bits per heavy atom. The molecule has 0 bridgehead atoms. The molecule has 2 rings (SSSR count). The van der Waals surface area contributed by atoms with Crippen LogP contribution >= 0.6 is 0 Å². The fraction of sp³-hybridized carbons (Fsp3) is 0.533. The highest BCUT2D eigenvalue weighted by Gasteiger charge is 2.15. The maximum Gasteiger partial charge on any atom is 0.253 e. The summed E-state index contributed by atoms with van der Waals surface area (Å²) in [4.78, 5) is 16.4. The number of carbonyl (C=O) groups excluding carboxylic acids is 1. The van der Waals surface area contributed by atoms with E-state index in [0.29, 0.717) is 6.54 Å². The van der Waals surface area contributed by atoms with Crippen molar-refractivity contribution in [1.29, 1.82) is 0 Å². The lowest BCUT2D eigenvalue weighted by Crippen LogP contribution is -2.35. The maximum atomic E-state index is 12.2. The largest absolute Gasteiger partial charge is 0.340 e. The van der Waals surface area contributed by atoms with Crippen LogP contribution in [0.5, 0.6) is 0 Å². The Balaban J connectivity index is 1.86. The van der Waals surface area contributed by atoms with Gasteiger partial charge in [-0.25, -0.2) is 0 Å². The van der Waals surface area contributed by atoms with Gasteiger partial charge < -0.3 is 15.5 Å². The van der Waals surface area contributed by atoms with Crippen molar-refractivity contribution in [3.05, 3.63) is 35.4 Å². The Morgan fingerprint density at radius 2 is 1.89 bits per heavy atom. The molecule has 4 nitrogen and oxygen atoms in total. The molecule has 0 spiro atoms. The number of amides is 1. The minimum absolute atomic E-state index is 0.0859. The van der Waals surface area contributed by atoms with Crippen LogP contribution in [-0.2, 0) is 6.54 Å². The van der Waals surface area contributed by atoms with Gasteiger partial charge in [0.2, 0.25) is 0 Å². The Labute approximate surface area is 115 Å². The zero-order chi connectivity index (χ0) is 13.7. The van der Waals surface area contributed by atoms with Crippen LogP contribution < -0.4 is 5.73 Å². The average molecular weight is 261 g/mol. The van der Waals surface area contributed by atoms with Gasteiger partial charge in [0, 0.05) is 32.2 Å². The number of likely N-dealkylation sites (tertiary alicyclic amines) is 1. The number of nitrogens with zero attached hydrogens (tertiary/aromatic N) is 2. The summed E-state index contributed by atoms with van der Waals surface area (Å²) in [6.45, 7) is 4.63. The zero-order valence-corrected chi connectivity index (χ0v) is 11.6. The molecule has 0 saturated carbocycles. The molecule has 1 aromatic rings. The third-order valence-electron chi connectivity index (χ3n) is 3.73. The van der Waals surface area contributed by atoms with Crippen LogP contribution in [0.15, 0.2) is 24.3 Å². The zero-order valence-electron chi connectivity index (χ0n) is 11.6. The van der Waals surface area contributed by atoms with E-state index in [1.807, 2.05) is 31.3 Å². The molecule has 1 amide bonds. The van der Waals surface area contributed by atoms with Crippen LogP contribution in [0, 0.1) is 0 Å². The van der Waals surface area contributed by atoms with Crippen LogP contribution in [0.4, 0.5) is 0 Å². The summed E-state index contributed by atoms with van der Waals surface area (Å²) < 4.78 is 0. The van der Waals surface area contributed by atoms with Crippen molar-refractivity contribution in [2.45, 2.75) is 19.4 Å². The van der Waals surface area contributed by atoms with Crippen molar-refractivity contribution in [2.24, 2.45) is 5.73 Å². The maximum absolute atomic E-state index is 12.2. The summed E-state index contributed by atoms with van der Waals surface area (Å²) in [7, 11) is 1.87. The molecular formula is C15H23N3O. The van der Waals surface area contributed by atoms with Gasteiger partial charge in [-0.05, 0) is 43.6 Å². The van der Waals surface area contributed by atoms with E-state index in [0.717, 1.165) is 24.2 Å². The predicted molar refractivity (Wildman–Crippen MR) is 77.0 cm³/mol. The van der Waals surface area contributed by atoms with E-state index in [4.69, 9.17) is 5.73 Å². The second-order valence-corrected chi connectivity index (χ2v) is 5.18. The molecular weight excluding hydrogens is 238 g/mol. The molecule has 1 heterocycles. The van der Waals surface area contributed by atoms with Gasteiger partial charge in [0.25, 0.3) is 5.91 Å². The monoisotopic (exact) mass is 261 g/mol. The standard InChI is InChI=1S/C15H23N3O/c1-17(10-11-18-8-2-3-9-18)15(19)14-6-4-13(12-16)5-7-14/h4-7H,2-3,8-12,16H2,1H3. The minimum Gasteiger partial charge on any atom is -0.340 e. The molecule has 0 atom stereocenters. The van der Waals surface area contributed by atoms with Gasteiger partial charge in [0.15, 0.2) is 0 Å². The van der Waals surface area contributed by atoms with Crippen molar-refractivity contribution >= 4 is 5.91 Å². The summed E-state index contributed by atoms with van der Waals surface area (Å²) >= 11 is 0. The van der Waals surface area contributed by atoms with Gasteiger partial charge in [-0.3, -0.25) is 4.79 Å². The number of likely N-dealkylation sites (N-methyl/N-ethyl adjacent to an activating group) is 1. The van der Waals surface area contributed by atoms with Gasteiger partial charge in [0.05, 0.1) is 0 Å². The topological polar surface area (TPSA) is 49.6 Å². The predicted octanol–water partition coefficient (Wildman–Crippen LogP) is 1.31. The summed E-state index contributed by atoms with van der Waals surface area (Å²) in [5, 5.41) is 0. The summed E-state index contributed by atoms with van der Waals surface area (Å²) in [5.74, 6) is 0.0859. The molecule has 1 aliphatic heterocycles. The summed E-state index contributed by atoms with van der Waals surface area (Å²) in [5.41, 5.74) is 7.34. The van der Waals surface area contributed by atoms with Crippen LogP contribution in [0.25, 0.3) is 0 Å². The van der Waals surface area contributed by atoms with Crippen molar-refractivity contribution < 1.29 is 4.79 Å². The first-order valence-electron chi connectivity index (χ1n) is 6.97. The molecule has 19 heavy (non-hydrogen) atoms. The van der Waals surface area contributed by atoms with Crippen LogP contribution in [-0.4, -0.2) is 48.9 Å². The van der Waals surface area contributed by atoms with Crippen molar-refractivity contribution in [3.8, 4) is 0 Å². The first kappa shape index (κ1) is 14.0. The second-order valence-electron chi connectivity index (χ2n) is 5.18. The van der Waals surface area contributed by atoms with Crippen molar-refractivity contribution in [2.75, 3.05) is 33.2 Å². The Bertz CT molecular complexity index is 410. The number of hydrogen-bond donors (Lipinski definition) is 1. The van der Waals surface area contributed by atoms with Crippen molar-refractivity contribution in [1.82, 2.24) is 9.80 Å². The summed E-state index contributed by atoms with van der Waals surface area (Å²) in [6, 6.07) is 7.55. The molecule has 1 aromatic carbocycles. The highest BCUT2D eigenvalue weighted by molar-refractivity contribution is 5.94. The number of rotatable bonds is 5. The fourth-order valence-electron chi connectivity index (χ4n) is 2.40. The molecule has 0 unspecified atom stereocenters. The highest BCUT2D eigenvalue weighted by Crippen LogP contribution is 2.09. The number of nitrogens with two attached hydrogens (primary N) is 1. The number of benzene rings is 1. The molecule has 4 heteroatoms. The first-order chi connectivity index (χ1) is 9.20. The van der Waals surface area contributed by atoms with E-state index in [1.165, 1.54) is 25.9 Å². The molecule has 2 N–H and O–H groups in total.